The number of nitrogens with zero attached hydrogens (tertiary/aromatic N) is 2. The van der Waals surface area contributed by atoms with Gasteiger partial charge in [0, 0.05) is 18.3 Å². The maximum atomic E-state index is 4.51. The third-order valence-corrected chi connectivity index (χ3v) is 4.55. The fourth-order valence-corrected chi connectivity index (χ4v) is 3.28. The number of aryl methyl sites for hydroxylation is 3. The van der Waals surface area contributed by atoms with Gasteiger partial charge in [0.15, 0.2) is 0 Å². The van der Waals surface area contributed by atoms with Gasteiger partial charge < -0.3 is 5.32 Å². The van der Waals surface area contributed by atoms with Crippen LogP contribution in [0.15, 0.2) is 6.07 Å². The molecule has 1 heterocycles. The van der Waals surface area contributed by atoms with Crippen molar-refractivity contribution < 1.29 is 0 Å². The van der Waals surface area contributed by atoms with Gasteiger partial charge in [-0.2, -0.15) is 5.10 Å². The summed E-state index contributed by atoms with van der Waals surface area (Å²) in [5.74, 6) is 0. The molecule has 1 fully saturated rings. The minimum atomic E-state index is 0.469. The molecule has 0 amide bonds. The zero-order valence-corrected chi connectivity index (χ0v) is 13.0. The van der Waals surface area contributed by atoms with Crippen LogP contribution in [0.3, 0.4) is 0 Å². The van der Waals surface area contributed by atoms with Gasteiger partial charge >= 0.3 is 0 Å². The first kappa shape index (κ1) is 14.6. The average Bonchev–Trinajstić information content (AvgIpc) is 2.65. The van der Waals surface area contributed by atoms with Crippen LogP contribution >= 0.6 is 0 Å². The summed E-state index contributed by atoms with van der Waals surface area (Å²) < 4.78 is 2.13. The van der Waals surface area contributed by atoms with E-state index in [1.807, 2.05) is 0 Å². The highest BCUT2D eigenvalue weighted by atomic mass is 15.3. The summed E-state index contributed by atoms with van der Waals surface area (Å²) in [4.78, 5) is 0. The predicted octanol–water partition coefficient (Wildman–Crippen LogP) is 3.45. The van der Waals surface area contributed by atoms with Crippen LogP contribution in [0.25, 0.3) is 0 Å². The highest BCUT2D eigenvalue weighted by molar-refractivity contribution is 5.06. The smallest absolute Gasteiger partial charge is 0.0596 e. The first-order valence-electron chi connectivity index (χ1n) is 7.73. The third kappa shape index (κ3) is 3.82. The Kier molecular flexibility index (Phi) is 4.67. The monoisotopic (exact) mass is 263 g/mol. The molecule has 1 unspecified atom stereocenters. The van der Waals surface area contributed by atoms with Crippen LogP contribution in [0.1, 0.15) is 57.3 Å². The first-order valence-corrected chi connectivity index (χ1v) is 7.73. The van der Waals surface area contributed by atoms with E-state index < -0.39 is 0 Å². The van der Waals surface area contributed by atoms with E-state index in [0.717, 1.165) is 25.2 Å². The molecule has 1 saturated carbocycles. The van der Waals surface area contributed by atoms with Crippen LogP contribution < -0.4 is 5.32 Å². The van der Waals surface area contributed by atoms with Crippen molar-refractivity contribution in [2.24, 2.45) is 5.41 Å². The fraction of sp³-hybridized carbons (Fsp3) is 0.812. The SMILES string of the molecule is Cc1cc(C)n(CCCNC2CCCCC2(C)C)n1. The Balaban J connectivity index is 1.73. The van der Waals surface area contributed by atoms with Crippen molar-refractivity contribution in [1.82, 2.24) is 15.1 Å². The Hall–Kier alpha value is -0.830. The van der Waals surface area contributed by atoms with Crippen LogP contribution in [-0.4, -0.2) is 22.4 Å². The van der Waals surface area contributed by atoms with Crippen LogP contribution in [0.4, 0.5) is 0 Å². The average molecular weight is 263 g/mol. The number of hydrogen-bond donors (Lipinski definition) is 1. The number of rotatable bonds is 5. The quantitative estimate of drug-likeness (QED) is 0.825. The molecule has 1 aliphatic rings. The van der Waals surface area contributed by atoms with E-state index >= 15 is 0 Å². The van der Waals surface area contributed by atoms with E-state index in [9.17, 15) is 0 Å². The van der Waals surface area contributed by atoms with Crippen molar-refractivity contribution in [2.45, 2.75) is 72.4 Å². The second kappa shape index (κ2) is 6.08. The van der Waals surface area contributed by atoms with Crippen LogP contribution in [0.5, 0.6) is 0 Å². The van der Waals surface area contributed by atoms with Crippen molar-refractivity contribution >= 4 is 0 Å². The summed E-state index contributed by atoms with van der Waals surface area (Å²) in [5.41, 5.74) is 2.87. The second-order valence-corrected chi connectivity index (χ2v) is 6.74. The van der Waals surface area contributed by atoms with E-state index in [2.05, 4.69) is 48.9 Å². The molecule has 1 aromatic heterocycles. The molecule has 1 atom stereocenters. The van der Waals surface area contributed by atoms with E-state index in [0.29, 0.717) is 11.5 Å². The lowest BCUT2D eigenvalue weighted by Gasteiger charge is -2.39. The van der Waals surface area contributed by atoms with Gasteiger partial charge in [-0.25, -0.2) is 0 Å². The normalized spacial score (nSPS) is 22.6. The van der Waals surface area contributed by atoms with Crippen molar-refractivity contribution in [1.29, 1.82) is 0 Å². The van der Waals surface area contributed by atoms with Gasteiger partial charge in [-0.15, -0.1) is 0 Å². The molecule has 0 radical (unpaired) electrons. The van der Waals surface area contributed by atoms with Crippen LogP contribution in [0, 0.1) is 19.3 Å². The molecule has 0 bridgehead atoms. The molecular weight excluding hydrogens is 234 g/mol. The molecule has 0 saturated heterocycles. The number of aromatic nitrogens is 2. The van der Waals surface area contributed by atoms with Crippen molar-refractivity contribution in [3.63, 3.8) is 0 Å². The molecule has 1 N–H and O–H groups in total. The van der Waals surface area contributed by atoms with E-state index in [4.69, 9.17) is 0 Å². The van der Waals surface area contributed by atoms with E-state index in [-0.39, 0.29) is 0 Å². The molecule has 1 aliphatic carbocycles. The minimum absolute atomic E-state index is 0.469. The minimum Gasteiger partial charge on any atom is -0.313 e. The summed E-state index contributed by atoms with van der Waals surface area (Å²) in [6.45, 7) is 11.1. The molecule has 108 valence electrons. The molecule has 0 aromatic carbocycles. The lowest BCUT2D eigenvalue weighted by Crippen LogP contribution is -2.44. The summed E-state index contributed by atoms with van der Waals surface area (Å²) in [6.07, 6.45) is 6.65. The first-order chi connectivity index (χ1) is 8.99. The van der Waals surface area contributed by atoms with Crippen molar-refractivity contribution in [3.8, 4) is 0 Å². The van der Waals surface area contributed by atoms with Gasteiger partial charge in [0.05, 0.1) is 5.69 Å². The van der Waals surface area contributed by atoms with Gasteiger partial charge in [-0.3, -0.25) is 4.68 Å². The van der Waals surface area contributed by atoms with Crippen molar-refractivity contribution in [3.05, 3.63) is 17.5 Å². The molecule has 2 rings (SSSR count). The Labute approximate surface area is 117 Å². The summed E-state index contributed by atoms with van der Waals surface area (Å²) in [5, 5.41) is 8.28. The number of nitrogens with one attached hydrogen (secondary N) is 1. The van der Waals surface area contributed by atoms with Gasteiger partial charge in [0.2, 0.25) is 0 Å². The standard InChI is InChI=1S/C16H29N3/c1-13-12-14(2)19(18-13)11-7-10-17-15-8-5-6-9-16(15,3)4/h12,15,17H,5-11H2,1-4H3. The highest BCUT2D eigenvalue weighted by Crippen LogP contribution is 2.35. The van der Waals surface area contributed by atoms with Gasteiger partial charge in [-0.1, -0.05) is 26.7 Å². The maximum absolute atomic E-state index is 4.51. The molecule has 0 spiro atoms. The number of hydrogen-bond acceptors (Lipinski definition) is 2. The Bertz CT molecular complexity index is 406. The molecular formula is C16H29N3. The molecule has 1 aromatic rings. The lowest BCUT2D eigenvalue weighted by molar-refractivity contribution is 0.167. The van der Waals surface area contributed by atoms with E-state index in [1.165, 1.54) is 31.4 Å². The largest absolute Gasteiger partial charge is 0.313 e. The Morgan fingerprint density at radius 3 is 2.79 bits per heavy atom. The zero-order chi connectivity index (χ0) is 13.9. The lowest BCUT2D eigenvalue weighted by atomic mass is 9.73. The fourth-order valence-electron chi connectivity index (χ4n) is 3.28. The van der Waals surface area contributed by atoms with Crippen LogP contribution in [-0.2, 0) is 6.54 Å². The second-order valence-electron chi connectivity index (χ2n) is 6.74. The van der Waals surface area contributed by atoms with E-state index in [1.54, 1.807) is 0 Å². The Morgan fingerprint density at radius 2 is 2.16 bits per heavy atom. The van der Waals surface area contributed by atoms with Crippen molar-refractivity contribution in [2.75, 3.05) is 6.54 Å². The third-order valence-electron chi connectivity index (χ3n) is 4.55. The molecule has 0 aliphatic heterocycles. The summed E-state index contributed by atoms with van der Waals surface area (Å²) in [6, 6.07) is 2.85. The Morgan fingerprint density at radius 1 is 1.37 bits per heavy atom. The van der Waals surface area contributed by atoms with Crippen LogP contribution in [0.2, 0.25) is 0 Å². The zero-order valence-electron chi connectivity index (χ0n) is 13.0. The molecule has 19 heavy (non-hydrogen) atoms. The summed E-state index contributed by atoms with van der Waals surface area (Å²) >= 11 is 0. The predicted molar refractivity (Wildman–Crippen MR) is 80.4 cm³/mol. The van der Waals surface area contributed by atoms with Gasteiger partial charge in [-0.05, 0) is 51.1 Å². The van der Waals surface area contributed by atoms with Gasteiger partial charge in [0.1, 0.15) is 0 Å². The van der Waals surface area contributed by atoms with Gasteiger partial charge in [0.25, 0.3) is 0 Å². The maximum Gasteiger partial charge on any atom is 0.0596 e. The topological polar surface area (TPSA) is 29.9 Å². The highest BCUT2D eigenvalue weighted by Gasteiger charge is 2.31. The molecule has 3 nitrogen and oxygen atoms in total. The summed E-state index contributed by atoms with van der Waals surface area (Å²) in [7, 11) is 0. The molecule has 3 heteroatoms.